The maximum Gasteiger partial charge on any atom is 0.284 e. The van der Waals surface area contributed by atoms with Crippen molar-refractivity contribution < 1.29 is 18.4 Å². The van der Waals surface area contributed by atoms with Crippen LogP contribution in [0.15, 0.2) is 24.7 Å². The summed E-state index contributed by atoms with van der Waals surface area (Å²) in [5.74, 6) is -0.422. The molecular formula is C18H19F2N7O2. The number of rotatable bonds is 5. The Hall–Kier alpha value is -3.37. The van der Waals surface area contributed by atoms with Gasteiger partial charge in [-0.1, -0.05) is 0 Å². The van der Waals surface area contributed by atoms with Crippen molar-refractivity contribution in [1.29, 1.82) is 0 Å². The highest BCUT2D eigenvalue weighted by molar-refractivity contribution is 6.08. The summed E-state index contributed by atoms with van der Waals surface area (Å²) in [7, 11) is 0. The normalized spacial score (nSPS) is 19.6. The van der Waals surface area contributed by atoms with E-state index < -0.39 is 18.0 Å². The molecular weight excluding hydrogens is 384 g/mol. The largest absolute Gasteiger partial charge is 0.384 e. The van der Waals surface area contributed by atoms with Crippen LogP contribution in [-0.2, 0) is 4.79 Å². The second kappa shape index (κ2) is 7.57. The van der Waals surface area contributed by atoms with Crippen LogP contribution in [0.2, 0.25) is 0 Å². The summed E-state index contributed by atoms with van der Waals surface area (Å²) in [6.45, 7) is 0. The molecule has 3 aromatic rings. The lowest BCUT2D eigenvalue weighted by Crippen LogP contribution is -2.19. The molecule has 0 aromatic carbocycles. The summed E-state index contributed by atoms with van der Waals surface area (Å²) in [4.78, 5) is 27.7. The zero-order chi connectivity index (χ0) is 20.5. The minimum absolute atomic E-state index is 0.00566. The Bertz CT molecular complexity index is 1050. The molecule has 4 rings (SSSR count). The van der Waals surface area contributed by atoms with Crippen LogP contribution in [0.4, 0.5) is 20.3 Å². The third-order valence-electron chi connectivity index (χ3n) is 5.16. The second-order valence-corrected chi connectivity index (χ2v) is 7.05. The number of anilines is 2. The van der Waals surface area contributed by atoms with Gasteiger partial charge >= 0.3 is 0 Å². The molecule has 3 heterocycles. The number of nitrogens with one attached hydrogen (secondary N) is 1. The quantitative estimate of drug-likeness (QED) is 0.632. The number of fused-ring (bicyclic) bond motifs is 1. The van der Waals surface area contributed by atoms with Gasteiger partial charge in [-0.3, -0.25) is 9.48 Å². The van der Waals surface area contributed by atoms with Crippen LogP contribution in [0.1, 0.15) is 54.2 Å². The third-order valence-corrected chi connectivity index (χ3v) is 5.16. The van der Waals surface area contributed by atoms with Gasteiger partial charge in [-0.2, -0.15) is 10.2 Å². The number of carbonyl (C=O) groups excluding carboxylic acids is 2. The molecule has 0 aliphatic heterocycles. The van der Waals surface area contributed by atoms with Gasteiger partial charge in [0.25, 0.3) is 12.3 Å². The van der Waals surface area contributed by atoms with E-state index in [9.17, 15) is 18.4 Å². The molecule has 0 spiro atoms. The number of alkyl halides is 2. The van der Waals surface area contributed by atoms with E-state index in [1.54, 1.807) is 6.20 Å². The number of amides is 1. The van der Waals surface area contributed by atoms with E-state index in [0.29, 0.717) is 25.7 Å². The number of hydrogen-bond donors (Lipinski definition) is 2. The molecule has 0 bridgehead atoms. The van der Waals surface area contributed by atoms with E-state index in [4.69, 9.17) is 5.73 Å². The zero-order valence-corrected chi connectivity index (χ0v) is 15.3. The van der Waals surface area contributed by atoms with Gasteiger partial charge in [-0.15, -0.1) is 0 Å². The first kappa shape index (κ1) is 19.0. The van der Waals surface area contributed by atoms with Crippen LogP contribution in [0.5, 0.6) is 0 Å². The Labute approximate surface area is 163 Å². The van der Waals surface area contributed by atoms with Gasteiger partial charge in [0.2, 0.25) is 0 Å². The van der Waals surface area contributed by atoms with Crippen LogP contribution < -0.4 is 11.1 Å². The Balaban J connectivity index is 1.59. The van der Waals surface area contributed by atoms with E-state index in [0.717, 1.165) is 6.29 Å². The van der Waals surface area contributed by atoms with Gasteiger partial charge in [-0.05, 0) is 31.7 Å². The molecule has 1 aliphatic rings. The van der Waals surface area contributed by atoms with E-state index in [2.05, 4.69) is 20.5 Å². The maximum absolute atomic E-state index is 13.5. The van der Waals surface area contributed by atoms with Crippen LogP contribution in [0, 0.1) is 5.92 Å². The molecule has 9 nitrogen and oxygen atoms in total. The Morgan fingerprint density at radius 1 is 1.31 bits per heavy atom. The van der Waals surface area contributed by atoms with Crippen molar-refractivity contribution in [3.8, 4) is 0 Å². The fourth-order valence-corrected chi connectivity index (χ4v) is 3.58. The van der Waals surface area contributed by atoms with Crippen molar-refractivity contribution in [1.82, 2.24) is 24.4 Å². The fourth-order valence-electron chi connectivity index (χ4n) is 3.58. The number of hydrogen-bond acceptors (Lipinski definition) is 6. The highest BCUT2D eigenvalue weighted by Crippen LogP contribution is 2.34. The fraction of sp³-hybridized carbons (Fsp3) is 0.389. The van der Waals surface area contributed by atoms with E-state index in [1.807, 2.05) is 0 Å². The number of aromatic nitrogens is 5. The number of carbonyl (C=O) groups is 2. The van der Waals surface area contributed by atoms with Gasteiger partial charge in [0.05, 0.1) is 17.9 Å². The first-order valence-electron chi connectivity index (χ1n) is 9.20. The summed E-state index contributed by atoms with van der Waals surface area (Å²) in [6, 6.07) is 1.44. The molecule has 11 heteroatoms. The molecule has 1 amide bonds. The highest BCUT2D eigenvalue weighted by Gasteiger charge is 2.27. The summed E-state index contributed by atoms with van der Waals surface area (Å²) in [5, 5.41) is 10.5. The Morgan fingerprint density at radius 2 is 2.07 bits per heavy atom. The van der Waals surface area contributed by atoms with Crippen molar-refractivity contribution in [3.63, 3.8) is 0 Å². The maximum atomic E-state index is 13.5. The number of nitrogens with zero attached hydrogens (tertiary/aromatic N) is 5. The minimum Gasteiger partial charge on any atom is -0.384 e. The molecule has 3 N–H and O–H groups in total. The van der Waals surface area contributed by atoms with Crippen molar-refractivity contribution in [2.45, 2.75) is 38.2 Å². The molecule has 0 atom stereocenters. The standard InChI is InChI=1S/C18H19F2N7O2/c19-16(20)15-13(8-27(25-15)11-3-1-10(9-28)2-4-11)23-18(29)12-7-22-26-6-5-14(21)24-17(12)26/h5-11,16H,1-4H2,(H2,21,24)(H,23,29). The monoisotopic (exact) mass is 403 g/mol. The molecule has 29 heavy (non-hydrogen) atoms. The first-order valence-corrected chi connectivity index (χ1v) is 9.20. The molecule has 0 saturated heterocycles. The van der Waals surface area contributed by atoms with Crippen molar-refractivity contribution in [2.75, 3.05) is 11.1 Å². The number of aldehydes is 1. The number of nitrogen functional groups attached to an aromatic ring is 1. The SMILES string of the molecule is Nc1ccn2ncc(C(=O)Nc3cn(C4CCC(C=O)CC4)nc3C(F)F)c2n1. The molecule has 1 fully saturated rings. The first-order chi connectivity index (χ1) is 14.0. The number of halogens is 2. The summed E-state index contributed by atoms with van der Waals surface area (Å²) >= 11 is 0. The predicted octanol–water partition coefficient (Wildman–Crippen LogP) is 2.63. The van der Waals surface area contributed by atoms with Gasteiger partial charge in [0.1, 0.15) is 17.7 Å². The van der Waals surface area contributed by atoms with Crippen LogP contribution >= 0.6 is 0 Å². The van der Waals surface area contributed by atoms with E-state index >= 15 is 0 Å². The topological polar surface area (TPSA) is 120 Å². The smallest absolute Gasteiger partial charge is 0.284 e. The van der Waals surface area contributed by atoms with Crippen molar-refractivity contribution >= 4 is 29.3 Å². The summed E-state index contributed by atoms with van der Waals surface area (Å²) < 4.78 is 29.8. The molecule has 3 aromatic heterocycles. The molecule has 0 radical (unpaired) electrons. The Morgan fingerprint density at radius 3 is 2.76 bits per heavy atom. The molecule has 0 unspecified atom stereocenters. The summed E-state index contributed by atoms with van der Waals surface area (Å²) in [5.41, 5.74) is 5.42. The average Bonchev–Trinajstić information content (AvgIpc) is 3.32. The molecule has 1 aliphatic carbocycles. The van der Waals surface area contributed by atoms with Crippen LogP contribution in [-0.4, -0.2) is 36.6 Å². The van der Waals surface area contributed by atoms with Crippen LogP contribution in [0.25, 0.3) is 5.65 Å². The Kier molecular flexibility index (Phi) is 4.95. The number of nitrogens with two attached hydrogens (primary N) is 1. The predicted molar refractivity (Wildman–Crippen MR) is 99.6 cm³/mol. The summed E-state index contributed by atoms with van der Waals surface area (Å²) in [6.07, 6.45) is 5.05. The van der Waals surface area contributed by atoms with Gasteiger partial charge < -0.3 is 15.8 Å². The third kappa shape index (κ3) is 3.67. The van der Waals surface area contributed by atoms with Gasteiger partial charge in [-0.25, -0.2) is 18.3 Å². The minimum atomic E-state index is -2.85. The van der Waals surface area contributed by atoms with E-state index in [-0.39, 0.29) is 34.7 Å². The van der Waals surface area contributed by atoms with Crippen molar-refractivity contribution in [2.24, 2.45) is 5.92 Å². The van der Waals surface area contributed by atoms with Gasteiger partial charge in [0.15, 0.2) is 11.3 Å². The molecule has 152 valence electrons. The highest BCUT2D eigenvalue weighted by atomic mass is 19.3. The molecule has 1 saturated carbocycles. The van der Waals surface area contributed by atoms with E-state index in [1.165, 1.54) is 27.7 Å². The van der Waals surface area contributed by atoms with Gasteiger partial charge in [0, 0.05) is 18.3 Å². The average molecular weight is 403 g/mol. The lowest BCUT2D eigenvalue weighted by Gasteiger charge is -2.25. The lowest BCUT2D eigenvalue weighted by molar-refractivity contribution is -0.112. The zero-order valence-electron chi connectivity index (χ0n) is 15.3. The second-order valence-electron chi connectivity index (χ2n) is 7.05. The van der Waals surface area contributed by atoms with Crippen molar-refractivity contribution in [3.05, 3.63) is 35.9 Å². The lowest BCUT2D eigenvalue weighted by atomic mass is 9.87. The van der Waals surface area contributed by atoms with Crippen LogP contribution in [0.3, 0.4) is 0 Å².